The molecule has 2 aromatic carbocycles. The number of ether oxygens (including phenoxy) is 2. The summed E-state index contributed by atoms with van der Waals surface area (Å²) >= 11 is 12.0. The summed E-state index contributed by atoms with van der Waals surface area (Å²) in [6.45, 7) is 3.90. The Kier molecular flexibility index (Phi) is 8.61. The second-order valence-electron chi connectivity index (χ2n) is 6.41. The molecule has 0 saturated heterocycles. The minimum atomic E-state index is -0.820. The number of hydrogen-bond donors (Lipinski definition) is 1. The first-order valence-corrected chi connectivity index (χ1v) is 9.74. The van der Waals surface area contributed by atoms with Crippen molar-refractivity contribution < 1.29 is 19.1 Å². The van der Waals surface area contributed by atoms with Crippen LogP contribution in [0.25, 0.3) is 0 Å². The average Bonchev–Trinajstić information content (AvgIpc) is 2.69. The smallest absolute Gasteiger partial charge is 0.408 e. The van der Waals surface area contributed by atoms with E-state index in [2.05, 4.69) is 5.32 Å². The van der Waals surface area contributed by atoms with Crippen molar-refractivity contribution >= 4 is 35.3 Å². The largest absolute Gasteiger partial charge is 0.459 e. The van der Waals surface area contributed by atoms with Crippen LogP contribution in [-0.2, 0) is 27.5 Å². The SMILES string of the molecule is CC[C@H](C)[C@@H](NC(=O)OCc1ccccc1)C(=O)OCc1ccc(Cl)cc1Cl. The summed E-state index contributed by atoms with van der Waals surface area (Å²) in [5, 5.41) is 3.52. The molecular weight excluding hydrogens is 401 g/mol. The highest BCUT2D eigenvalue weighted by molar-refractivity contribution is 6.35. The normalized spacial score (nSPS) is 12.7. The lowest BCUT2D eigenvalue weighted by molar-refractivity contribution is -0.148. The molecule has 150 valence electrons. The van der Waals surface area contributed by atoms with Crippen molar-refractivity contribution in [2.75, 3.05) is 0 Å². The molecule has 7 heteroatoms. The number of carbonyl (C=O) groups excluding carboxylic acids is 2. The molecule has 28 heavy (non-hydrogen) atoms. The van der Waals surface area contributed by atoms with E-state index in [0.29, 0.717) is 22.0 Å². The van der Waals surface area contributed by atoms with Gasteiger partial charge in [-0.2, -0.15) is 0 Å². The highest BCUT2D eigenvalue weighted by Crippen LogP contribution is 2.22. The molecule has 0 saturated carbocycles. The molecule has 0 unspecified atom stereocenters. The third kappa shape index (κ3) is 6.73. The van der Waals surface area contributed by atoms with Gasteiger partial charge in [0.05, 0.1) is 0 Å². The van der Waals surface area contributed by atoms with Crippen LogP contribution in [0.15, 0.2) is 48.5 Å². The Morgan fingerprint density at radius 1 is 1.04 bits per heavy atom. The van der Waals surface area contributed by atoms with Gasteiger partial charge in [-0.3, -0.25) is 0 Å². The highest BCUT2D eigenvalue weighted by atomic mass is 35.5. The number of nitrogens with one attached hydrogen (secondary N) is 1. The number of benzene rings is 2. The molecule has 2 aromatic rings. The van der Waals surface area contributed by atoms with Gasteiger partial charge in [-0.1, -0.05) is 79.9 Å². The van der Waals surface area contributed by atoms with Gasteiger partial charge in [0.1, 0.15) is 19.3 Å². The van der Waals surface area contributed by atoms with Gasteiger partial charge < -0.3 is 14.8 Å². The molecule has 0 aromatic heterocycles. The summed E-state index contributed by atoms with van der Waals surface area (Å²) in [5.41, 5.74) is 1.49. The minimum absolute atomic E-state index is 0.0114. The molecule has 0 aliphatic carbocycles. The maximum atomic E-state index is 12.5. The lowest BCUT2D eigenvalue weighted by atomic mass is 9.99. The van der Waals surface area contributed by atoms with E-state index in [9.17, 15) is 9.59 Å². The Morgan fingerprint density at radius 2 is 1.75 bits per heavy atom. The van der Waals surface area contributed by atoms with Crippen LogP contribution in [0.3, 0.4) is 0 Å². The number of hydrogen-bond acceptors (Lipinski definition) is 4. The number of alkyl carbamates (subject to hydrolysis) is 1. The summed E-state index contributed by atoms with van der Waals surface area (Å²) in [6, 6.07) is 13.4. The maximum absolute atomic E-state index is 12.5. The van der Waals surface area contributed by atoms with E-state index >= 15 is 0 Å². The summed E-state index contributed by atoms with van der Waals surface area (Å²) in [6.07, 6.45) is 0.0103. The Hall–Kier alpha value is -2.24. The molecule has 0 fully saturated rings. The number of amides is 1. The Morgan fingerprint density at radius 3 is 2.39 bits per heavy atom. The molecule has 0 aliphatic rings. The average molecular weight is 424 g/mol. The quantitative estimate of drug-likeness (QED) is 0.578. The zero-order valence-electron chi connectivity index (χ0n) is 15.8. The van der Waals surface area contributed by atoms with Gasteiger partial charge in [-0.05, 0) is 23.6 Å². The van der Waals surface area contributed by atoms with Crippen LogP contribution in [0.5, 0.6) is 0 Å². The highest BCUT2D eigenvalue weighted by Gasteiger charge is 2.28. The van der Waals surface area contributed by atoms with Crippen LogP contribution < -0.4 is 5.32 Å². The van der Waals surface area contributed by atoms with E-state index in [4.69, 9.17) is 32.7 Å². The van der Waals surface area contributed by atoms with Gasteiger partial charge in [0, 0.05) is 15.6 Å². The number of esters is 1. The molecule has 0 bridgehead atoms. The predicted octanol–water partition coefficient (Wildman–Crippen LogP) is 5.38. The lowest BCUT2D eigenvalue weighted by Gasteiger charge is -2.22. The minimum Gasteiger partial charge on any atom is -0.459 e. The van der Waals surface area contributed by atoms with Crippen LogP contribution in [0, 0.1) is 5.92 Å². The van der Waals surface area contributed by atoms with Crippen molar-refractivity contribution in [3.05, 3.63) is 69.7 Å². The summed E-state index contributed by atoms with van der Waals surface area (Å²) in [4.78, 5) is 24.7. The van der Waals surface area contributed by atoms with Gasteiger partial charge >= 0.3 is 12.1 Å². The number of rotatable bonds is 8. The first kappa shape index (κ1) is 22.1. The fraction of sp³-hybridized carbons (Fsp3) is 0.333. The number of halogens is 2. The third-order valence-corrected chi connectivity index (χ3v) is 4.93. The second-order valence-corrected chi connectivity index (χ2v) is 7.26. The Balaban J connectivity index is 1.93. The first-order chi connectivity index (χ1) is 13.4. The molecule has 5 nitrogen and oxygen atoms in total. The van der Waals surface area contributed by atoms with Crippen LogP contribution in [0.4, 0.5) is 4.79 Å². The van der Waals surface area contributed by atoms with Crippen molar-refractivity contribution in [2.45, 2.75) is 39.5 Å². The Labute approximate surface area is 174 Å². The molecular formula is C21H23Cl2NO4. The van der Waals surface area contributed by atoms with Crippen LogP contribution in [0.2, 0.25) is 10.0 Å². The molecule has 0 radical (unpaired) electrons. The fourth-order valence-corrected chi connectivity index (χ4v) is 2.90. The van der Waals surface area contributed by atoms with Crippen molar-refractivity contribution in [3.63, 3.8) is 0 Å². The van der Waals surface area contributed by atoms with Gasteiger partial charge in [0.25, 0.3) is 0 Å². The van der Waals surface area contributed by atoms with Gasteiger partial charge in [-0.25, -0.2) is 9.59 Å². The van der Waals surface area contributed by atoms with E-state index < -0.39 is 18.1 Å². The Bertz CT molecular complexity index is 798. The summed E-state index contributed by atoms with van der Waals surface area (Å²) in [5.74, 6) is -0.672. The van der Waals surface area contributed by atoms with E-state index in [-0.39, 0.29) is 19.1 Å². The van der Waals surface area contributed by atoms with E-state index in [0.717, 1.165) is 5.56 Å². The predicted molar refractivity (Wildman–Crippen MR) is 109 cm³/mol. The monoisotopic (exact) mass is 423 g/mol. The second kappa shape index (κ2) is 10.9. The van der Waals surface area contributed by atoms with E-state index in [1.54, 1.807) is 18.2 Å². The molecule has 1 N–H and O–H groups in total. The molecule has 2 atom stereocenters. The molecule has 2 rings (SSSR count). The zero-order chi connectivity index (χ0) is 20.5. The zero-order valence-corrected chi connectivity index (χ0v) is 17.3. The summed E-state index contributed by atoms with van der Waals surface area (Å²) < 4.78 is 10.6. The lowest BCUT2D eigenvalue weighted by Crippen LogP contribution is -2.46. The van der Waals surface area contributed by atoms with E-state index in [1.807, 2.05) is 44.2 Å². The van der Waals surface area contributed by atoms with Crippen LogP contribution in [-0.4, -0.2) is 18.1 Å². The molecule has 0 spiro atoms. The van der Waals surface area contributed by atoms with Gasteiger partial charge in [0.2, 0.25) is 0 Å². The van der Waals surface area contributed by atoms with Crippen molar-refractivity contribution in [1.82, 2.24) is 5.32 Å². The van der Waals surface area contributed by atoms with Gasteiger partial charge in [0.15, 0.2) is 0 Å². The summed E-state index contributed by atoms with van der Waals surface area (Å²) in [7, 11) is 0. The number of carbonyl (C=O) groups is 2. The molecule has 0 aliphatic heterocycles. The van der Waals surface area contributed by atoms with E-state index in [1.165, 1.54) is 0 Å². The fourth-order valence-electron chi connectivity index (χ4n) is 2.44. The third-order valence-electron chi connectivity index (χ3n) is 4.34. The maximum Gasteiger partial charge on any atom is 0.408 e. The van der Waals surface area contributed by atoms with Crippen molar-refractivity contribution in [1.29, 1.82) is 0 Å². The van der Waals surface area contributed by atoms with Crippen molar-refractivity contribution in [3.8, 4) is 0 Å². The molecule has 0 heterocycles. The first-order valence-electron chi connectivity index (χ1n) is 8.98. The molecule has 1 amide bonds. The van der Waals surface area contributed by atoms with Crippen LogP contribution in [0.1, 0.15) is 31.4 Å². The topological polar surface area (TPSA) is 64.6 Å². The van der Waals surface area contributed by atoms with Crippen LogP contribution >= 0.6 is 23.2 Å². The van der Waals surface area contributed by atoms with Crippen molar-refractivity contribution in [2.24, 2.45) is 5.92 Å². The van der Waals surface area contributed by atoms with Gasteiger partial charge in [-0.15, -0.1) is 0 Å². The standard InChI is InChI=1S/C21H23Cl2NO4/c1-3-14(2)19(24-21(26)28-12-15-7-5-4-6-8-15)20(25)27-13-16-9-10-17(22)11-18(16)23/h4-11,14,19H,3,12-13H2,1-2H3,(H,24,26)/t14-,19+/m0/s1.